The van der Waals surface area contributed by atoms with Crippen LogP contribution in [0.15, 0.2) is 84.9 Å². The molecule has 0 aromatic heterocycles. The van der Waals surface area contributed by atoms with Crippen LogP contribution in [-0.2, 0) is 40.1 Å². The van der Waals surface area contributed by atoms with E-state index in [0.29, 0.717) is 23.3 Å². The van der Waals surface area contributed by atoms with Crippen LogP contribution < -0.4 is 15.8 Å². The van der Waals surface area contributed by atoms with E-state index < -0.39 is 59.8 Å². The van der Waals surface area contributed by atoms with Crippen molar-refractivity contribution in [3.05, 3.63) is 102 Å². The monoisotopic (exact) mass is 821 g/mol. The minimum atomic E-state index is -1.10. The van der Waals surface area contributed by atoms with Gasteiger partial charge in [0.15, 0.2) is 17.3 Å². The minimum Gasteiger partial charge on any atom is -0.496 e. The van der Waals surface area contributed by atoms with Crippen LogP contribution in [0.1, 0.15) is 118 Å². The zero-order chi connectivity index (χ0) is 43.0. The third-order valence-electron chi connectivity index (χ3n) is 11.9. The number of ether oxygens (including phenoxy) is 2. The van der Waals surface area contributed by atoms with Crippen LogP contribution in [0.3, 0.4) is 0 Å². The number of carbonyl (C=O) groups excluding carboxylic acids is 7. The molecule has 12 heteroatoms. The Labute approximate surface area is 352 Å². The number of unbranched alkanes of at least 4 members (excludes halogenated alkanes) is 1. The largest absolute Gasteiger partial charge is 0.496 e. The molecule has 0 radical (unpaired) electrons. The number of nitrogens with zero attached hydrogens (tertiary/aromatic N) is 1. The van der Waals surface area contributed by atoms with Gasteiger partial charge in [-0.3, -0.25) is 33.6 Å². The second kappa shape index (κ2) is 22.8. The highest BCUT2D eigenvalue weighted by atomic mass is 16.5. The Bertz CT molecular complexity index is 1950. The summed E-state index contributed by atoms with van der Waals surface area (Å²) in [5.74, 6) is -5.00. The first kappa shape index (κ1) is 45.6. The van der Waals surface area contributed by atoms with E-state index in [1.165, 1.54) is 7.11 Å². The minimum absolute atomic E-state index is 0.0396. The maximum absolute atomic E-state index is 14.9. The molecule has 3 unspecified atom stereocenters. The normalized spacial score (nSPS) is 18.2. The number of likely N-dealkylation sites (tertiary alicyclic amines) is 1. The number of ketones is 4. The average Bonchev–Trinajstić information content (AvgIpc) is 3.72. The first-order valence-electron chi connectivity index (χ1n) is 21.4. The van der Waals surface area contributed by atoms with Gasteiger partial charge in [0, 0.05) is 50.5 Å². The Morgan fingerprint density at radius 1 is 0.833 bits per heavy atom. The number of hydrogen-bond acceptors (Lipinski definition) is 9. The SMILES string of the molecule is CCCCC(CC(=O)[C@@H]1C[C@@H](OCc2ccccc2)CN1C(=O)C(CC(=O)c1ccccc1OC)C1CCCCC1)C(=O)C(=O)CCC(=O)NC(C(N)=O)c1ccccc1. The Kier molecular flexibility index (Phi) is 17.3. The molecule has 3 aromatic carbocycles. The summed E-state index contributed by atoms with van der Waals surface area (Å²) < 4.78 is 11.8. The second-order valence-electron chi connectivity index (χ2n) is 16.1. The number of Topliss-reactive ketones (excluding diaryl/α,β-unsaturated/α-hetero) is 4. The zero-order valence-electron chi connectivity index (χ0n) is 34.9. The summed E-state index contributed by atoms with van der Waals surface area (Å²) in [6.07, 6.45) is 4.77. The number of amides is 3. The van der Waals surface area contributed by atoms with E-state index in [9.17, 15) is 33.6 Å². The summed E-state index contributed by atoms with van der Waals surface area (Å²) in [7, 11) is 1.50. The van der Waals surface area contributed by atoms with Crippen LogP contribution in [0.25, 0.3) is 0 Å². The number of methoxy groups -OCH3 is 1. The van der Waals surface area contributed by atoms with Gasteiger partial charge in [0.25, 0.3) is 0 Å². The van der Waals surface area contributed by atoms with Gasteiger partial charge in [0.05, 0.1) is 31.4 Å². The van der Waals surface area contributed by atoms with Gasteiger partial charge in [0.2, 0.25) is 23.5 Å². The fourth-order valence-corrected chi connectivity index (χ4v) is 8.58. The van der Waals surface area contributed by atoms with Gasteiger partial charge in [-0.1, -0.05) is 112 Å². The van der Waals surface area contributed by atoms with E-state index in [-0.39, 0.29) is 68.6 Å². The maximum Gasteiger partial charge on any atom is 0.244 e. The van der Waals surface area contributed by atoms with E-state index in [4.69, 9.17) is 15.2 Å². The molecule has 0 bridgehead atoms. The highest BCUT2D eigenvalue weighted by Gasteiger charge is 2.45. The molecule has 2 fully saturated rings. The van der Waals surface area contributed by atoms with E-state index in [0.717, 1.165) is 44.1 Å². The van der Waals surface area contributed by atoms with Crippen LogP contribution in [0.5, 0.6) is 5.75 Å². The number of nitrogens with one attached hydrogen (secondary N) is 1. The molecular weight excluding hydrogens is 763 g/mol. The average molecular weight is 822 g/mol. The van der Waals surface area contributed by atoms with Crippen molar-refractivity contribution in [2.75, 3.05) is 13.7 Å². The number of para-hydroxylation sites is 1. The maximum atomic E-state index is 14.9. The lowest BCUT2D eigenvalue weighted by atomic mass is 9.76. The molecule has 5 rings (SSSR count). The highest BCUT2D eigenvalue weighted by Crippen LogP contribution is 2.37. The molecule has 1 aliphatic heterocycles. The predicted octanol–water partition coefficient (Wildman–Crippen LogP) is 6.68. The lowest BCUT2D eigenvalue weighted by Crippen LogP contribution is -2.47. The van der Waals surface area contributed by atoms with Crippen LogP contribution in [-0.4, -0.2) is 71.6 Å². The highest BCUT2D eigenvalue weighted by molar-refractivity contribution is 6.38. The van der Waals surface area contributed by atoms with Crippen molar-refractivity contribution in [1.29, 1.82) is 0 Å². The molecule has 12 nitrogen and oxygen atoms in total. The number of rotatable bonds is 23. The Morgan fingerprint density at radius 2 is 1.50 bits per heavy atom. The molecule has 60 heavy (non-hydrogen) atoms. The predicted molar refractivity (Wildman–Crippen MR) is 226 cm³/mol. The Morgan fingerprint density at radius 3 is 2.17 bits per heavy atom. The summed E-state index contributed by atoms with van der Waals surface area (Å²) in [5.41, 5.74) is 7.36. The van der Waals surface area contributed by atoms with Gasteiger partial charge in [-0.15, -0.1) is 0 Å². The van der Waals surface area contributed by atoms with Gasteiger partial charge in [-0.05, 0) is 48.4 Å². The number of benzene rings is 3. The second-order valence-corrected chi connectivity index (χ2v) is 16.1. The standard InChI is InChI=1S/C48H59N3O9/c1-3-4-18-35(46(56)40(52)25-26-44(55)50-45(47(49)57)34-21-12-7-13-22-34)27-42(54)39-28-36(60-31-32-16-8-5-9-17-32)30-51(39)48(58)38(33-19-10-6-11-20-33)29-41(53)37-23-14-15-24-43(37)59-2/h5,7-9,12-17,21-24,33,35-36,38-39,45H,3-4,6,10-11,18-20,25-31H2,1-2H3,(H2,49,57)(H,50,55)/t35?,36-,38?,39+,45?/m1/s1. The van der Waals surface area contributed by atoms with Crippen LogP contribution in [0, 0.1) is 17.8 Å². The van der Waals surface area contributed by atoms with Crippen molar-refractivity contribution >= 4 is 40.9 Å². The third kappa shape index (κ3) is 12.5. The van der Waals surface area contributed by atoms with Gasteiger partial charge in [-0.25, -0.2) is 0 Å². The number of nitrogens with two attached hydrogens (primary N) is 1. The molecule has 0 spiro atoms. The Balaban J connectivity index is 1.33. The lowest BCUT2D eigenvalue weighted by Gasteiger charge is -2.34. The summed E-state index contributed by atoms with van der Waals surface area (Å²) >= 11 is 0. The molecule has 1 heterocycles. The van der Waals surface area contributed by atoms with E-state index >= 15 is 0 Å². The summed E-state index contributed by atoms with van der Waals surface area (Å²) in [6.45, 7) is 2.37. The summed E-state index contributed by atoms with van der Waals surface area (Å²) in [5, 5.41) is 2.55. The molecule has 1 aliphatic carbocycles. The van der Waals surface area contributed by atoms with Crippen molar-refractivity contribution in [2.45, 2.75) is 115 Å². The fourth-order valence-electron chi connectivity index (χ4n) is 8.58. The van der Waals surface area contributed by atoms with E-state index in [2.05, 4.69) is 5.32 Å². The van der Waals surface area contributed by atoms with Gasteiger partial charge >= 0.3 is 0 Å². The molecule has 3 N–H and O–H groups in total. The summed E-state index contributed by atoms with van der Waals surface area (Å²) in [4.78, 5) is 97.0. The van der Waals surface area contributed by atoms with Crippen molar-refractivity contribution in [2.24, 2.45) is 23.5 Å². The Hall–Kier alpha value is -5.49. The topological polar surface area (TPSA) is 179 Å². The lowest BCUT2D eigenvalue weighted by molar-refractivity contribution is -0.144. The molecule has 320 valence electrons. The number of hydrogen-bond donors (Lipinski definition) is 2. The van der Waals surface area contributed by atoms with Crippen molar-refractivity contribution in [3.63, 3.8) is 0 Å². The quantitative estimate of drug-likeness (QED) is 0.0780. The van der Waals surface area contributed by atoms with Crippen molar-refractivity contribution in [3.8, 4) is 5.75 Å². The third-order valence-corrected chi connectivity index (χ3v) is 11.9. The molecule has 3 amide bonds. The molecule has 5 atom stereocenters. The molecule has 1 saturated carbocycles. The first-order valence-corrected chi connectivity index (χ1v) is 21.4. The molecule has 3 aromatic rings. The fraction of sp³-hybridized carbons (Fsp3) is 0.479. The van der Waals surface area contributed by atoms with Crippen molar-refractivity contribution in [1.82, 2.24) is 10.2 Å². The molecule has 2 aliphatic rings. The van der Waals surface area contributed by atoms with E-state index in [1.807, 2.05) is 37.3 Å². The van der Waals surface area contributed by atoms with Gasteiger partial charge < -0.3 is 25.4 Å². The van der Waals surface area contributed by atoms with Crippen molar-refractivity contribution < 1.29 is 43.0 Å². The van der Waals surface area contributed by atoms with E-state index in [1.54, 1.807) is 59.5 Å². The smallest absolute Gasteiger partial charge is 0.244 e. The zero-order valence-corrected chi connectivity index (χ0v) is 34.9. The molecular formula is C48H59N3O9. The van der Waals surface area contributed by atoms with Crippen LogP contribution >= 0.6 is 0 Å². The molecule has 1 saturated heterocycles. The van der Waals surface area contributed by atoms with Crippen LogP contribution in [0.4, 0.5) is 0 Å². The van der Waals surface area contributed by atoms with Gasteiger partial charge in [-0.2, -0.15) is 0 Å². The van der Waals surface area contributed by atoms with Gasteiger partial charge in [0.1, 0.15) is 11.8 Å². The summed E-state index contributed by atoms with van der Waals surface area (Å²) in [6, 6.07) is 23.0. The van der Waals surface area contributed by atoms with Crippen LogP contribution in [0.2, 0.25) is 0 Å². The first-order chi connectivity index (χ1) is 29.0. The number of carbonyl (C=O) groups is 7. The number of primary amides is 1.